The highest BCUT2D eigenvalue weighted by molar-refractivity contribution is 5.95. The van der Waals surface area contributed by atoms with E-state index in [1.807, 2.05) is 48.7 Å². The number of aliphatic carboxylic acids is 1. The summed E-state index contributed by atoms with van der Waals surface area (Å²) in [5, 5.41) is 8.45. The van der Waals surface area contributed by atoms with E-state index in [0.717, 1.165) is 47.4 Å². The molecule has 0 fully saturated rings. The Labute approximate surface area is 161 Å². The molecule has 2 heterocycles. The number of benzene rings is 2. The van der Waals surface area contributed by atoms with E-state index in [2.05, 4.69) is 20.6 Å². The van der Waals surface area contributed by atoms with Crippen LogP contribution in [0.15, 0.2) is 59.5 Å². The van der Waals surface area contributed by atoms with Gasteiger partial charge in [-0.1, -0.05) is 30.3 Å². The van der Waals surface area contributed by atoms with E-state index < -0.39 is 5.97 Å². The lowest BCUT2D eigenvalue weighted by Gasteiger charge is -2.02. The van der Waals surface area contributed by atoms with Crippen molar-refractivity contribution in [3.05, 3.63) is 65.1 Å². The second-order valence-electron chi connectivity index (χ2n) is 6.35. The van der Waals surface area contributed by atoms with Crippen LogP contribution in [-0.2, 0) is 11.3 Å². The van der Waals surface area contributed by atoms with Gasteiger partial charge < -0.3 is 20.4 Å². The van der Waals surface area contributed by atoms with Gasteiger partial charge in [-0.05, 0) is 31.2 Å². The van der Waals surface area contributed by atoms with Crippen molar-refractivity contribution in [2.45, 2.75) is 19.9 Å². The van der Waals surface area contributed by atoms with Crippen LogP contribution in [0.3, 0.4) is 0 Å². The molecule has 0 aliphatic heterocycles. The second-order valence-corrected chi connectivity index (χ2v) is 6.35. The van der Waals surface area contributed by atoms with Gasteiger partial charge in [0, 0.05) is 36.1 Å². The molecule has 0 unspecified atom stereocenters. The van der Waals surface area contributed by atoms with Gasteiger partial charge in [0.25, 0.3) is 11.5 Å². The summed E-state index contributed by atoms with van der Waals surface area (Å²) in [5.41, 5.74) is 9.41. The topological polar surface area (TPSA) is 114 Å². The number of aryl methyl sites for hydroxylation is 1. The van der Waals surface area contributed by atoms with E-state index in [1.54, 1.807) is 0 Å². The highest BCUT2D eigenvalue weighted by atomic mass is 16.4. The number of nitrogens with one attached hydrogen (secondary N) is 1. The lowest BCUT2D eigenvalue weighted by molar-refractivity contribution is -0.134. The number of hydrogen-bond acceptors (Lipinski definition) is 4. The SMILES string of the molecule is CC(=O)O.NCCCn1cc(-c2nc3ccccc3[nH]c2=O)c2ccccc21. The first-order valence-corrected chi connectivity index (χ1v) is 8.98. The molecule has 0 bridgehead atoms. The monoisotopic (exact) mass is 378 g/mol. The number of nitrogens with two attached hydrogens (primary N) is 1. The van der Waals surface area contributed by atoms with Crippen LogP contribution in [0.25, 0.3) is 33.2 Å². The minimum atomic E-state index is -0.833. The highest BCUT2D eigenvalue weighted by Gasteiger charge is 2.14. The molecule has 7 heteroatoms. The average molecular weight is 378 g/mol. The maximum atomic E-state index is 12.6. The molecule has 0 aliphatic carbocycles. The zero-order chi connectivity index (χ0) is 20.1. The zero-order valence-electron chi connectivity index (χ0n) is 15.6. The number of rotatable bonds is 4. The standard InChI is InChI=1S/C19H18N4O.C2H4O2/c20-10-5-11-23-12-14(13-6-1-4-9-17(13)23)18-19(24)22-16-8-3-2-7-15(16)21-18;1-2(3)4/h1-4,6-9,12H,5,10-11,20H2,(H,22,24);1H3,(H,3,4). The maximum absolute atomic E-state index is 12.6. The molecular formula is C21H22N4O3. The quantitative estimate of drug-likeness (QED) is 0.505. The molecule has 0 saturated heterocycles. The molecule has 4 N–H and O–H groups in total. The van der Waals surface area contributed by atoms with Crippen molar-refractivity contribution in [2.75, 3.05) is 6.54 Å². The molecule has 0 saturated carbocycles. The lowest BCUT2D eigenvalue weighted by atomic mass is 10.1. The van der Waals surface area contributed by atoms with E-state index in [4.69, 9.17) is 15.6 Å². The summed E-state index contributed by atoms with van der Waals surface area (Å²) in [6, 6.07) is 15.6. The van der Waals surface area contributed by atoms with Crippen molar-refractivity contribution in [3.8, 4) is 11.3 Å². The van der Waals surface area contributed by atoms with Gasteiger partial charge in [-0.2, -0.15) is 0 Å². The summed E-state index contributed by atoms with van der Waals surface area (Å²) in [5.74, 6) is -0.833. The molecular weight excluding hydrogens is 356 g/mol. The predicted octanol–water partition coefficient (Wildman–Crippen LogP) is 2.98. The lowest BCUT2D eigenvalue weighted by Crippen LogP contribution is -2.11. The fourth-order valence-corrected chi connectivity index (χ4v) is 3.09. The van der Waals surface area contributed by atoms with Crippen LogP contribution in [0.2, 0.25) is 0 Å². The molecule has 7 nitrogen and oxygen atoms in total. The van der Waals surface area contributed by atoms with Crippen molar-refractivity contribution in [3.63, 3.8) is 0 Å². The largest absolute Gasteiger partial charge is 0.481 e. The molecule has 2 aromatic heterocycles. The predicted molar refractivity (Wildman–Crippen MR) is 110 cm³/mol. The van der Waals surface area contributed by atoms with Gasteiger partial charge in [0.15, 0.2) is 0 Å². The first kappa shape index (κ1) is 19.3. The van der Waals surface area contributed by atoms with E-state index >= 15 is 0 Å². The first-order chi connectivity index (χ1) is 13.5. The Morgan fingerprint density at radius 3 is 2.61 bits per heavy atom. The van der Waals surface area contributed by atoms with E-state index in [9.17, 15) is 4.79 Å². The molecule has 4 aromatic rings. The normalized spacial score (nSPS) is 10.6. The number of aromatic amines is 1. The van der Waals surface area contributed by atoms with Crippen molar-refractivity contribution < 1.29 is 9.90 Å². The number of carboxylic acids is 1. The third kappa shape index (κ3) is 4.10. The van der Waals surface area contributed by atoms with Gasteiger partial charge in [0.1, 0.15) is 5.69 Å². The van der Waals surface area contributed by atoms with Crippen molar-refractivity contribution >= 4 is 27.9 Å². The number of hydrogen-bond donors (Lipinski definition) is 3. The molecule has 144 valence electrons. The van der Waals surface area contributed by atoms with Crippen LogP contribution in [-0.4, -0.2) is 32.2 Å². The summed E-state index contributed by atoms with van der Waals surface area (Å²) < 4.78 is 2.15. The zero-order valence-corrected chi connectivity index (χ0v) is 15.6. The minimum Gasteiger partial charge on any atom is -0.481 e. The van der Waals surface area contributed by atoms with Gasteiger partial charge >= 0.3 is 0 Å². The summed E-state index contributed by atoms with van der Waals surface area (Å²) in [6.07, 6.45) is 2.90. The van der Waals surface area contributed by atoms with Crippen molar-refractivity contribution in [1.29, 1.82) is 0 Å². The average Bonchev–Trinajstić information content (AvgIpc) is 3.04. The smallest absolute Gasteiger partial charge is 0.300 e. The Morgan fingerprint density at radius 1 is 1.18 bits per heavy atom. The van der Waals surface area contributed by atoms with Gasteiger partial charge in [-0.15, -0.1) is 0 Å². The number of nitrogens with zero attached hydrogens (tertiary/aromatic N) is 2. The van der Waals surface area contributed by atoms with Gasteiger partial charge in [0.2, 0.25) is 0 Å². The molecule has 2 aromatic carbocycles. The fraction of sp³-hybridized carbons (Fsp3) is 0.190. The maximum Gasteiger partial charge on any atom is 0.300 e. The van der Waals surface area contributed by atoms with Gasteiger partial charge in [-0.3, -0.25) is 9.59 Å². The molecule has 28 heavy (non-hydrogen) atoms. The Balaban J connectivity index is 0.000000516. The van der Waals surface area contributed by atoms with Crippen LogP contribution in [0, 0.1) is 0 Å². The van der Waals surface area contributed by atoms with E-state index in [0.29, 0.717) is 12.2 Å². The summed E-state index contributed by atoms with van der Waals surface area (Å²) in [4.78, 5) is 29.1. The Kier molecular flexibility index (Phi) is 5.86. The van der Waals surface area contributed by atoms with Crippen LogP contribution >= 0.6 is 0 Å². The highest BCUT2D eigenvalue weighted by Crippen LogP contribution is 2.28. The van der Waals surface area contributed by atoms with Crippen molar-refractivity contribution in [2.24, 2.45) is 5.73 Å². The Hall–Kier alpha value is -3.45. The number of carboxylic acid groups (broad SMARTS) is 1. The summed E-state index contributed by atoms with van der Waals surface area (Å²) in [7, 11) is 0. The first-order valence-electron chi connectivity index (χ1n) is 8.98. The van der Waals surface area contributed by atoms with Crippen LogP contribution in [0.5, 0.6) is 0 Å². The second kappa shape index (κ2) is 8.49. The Bertz CT molecular complexity index is 1170. The van der Waals surface area contributed by atoms with Crippen molar-refractivity contribution in [1.82, 2.24) is 14.5 Å². The molecule has 4 rings (SSSR count). The fourth-order valence-electron chi connectivity index (χ4n) is 3.09. The number of fused-ring (bicyclic) bond motifs is 2. The number of carbonyl (C=O) groups is 1. The van der Waals surface area contributed by atoms with Gasteiger partial charge in [-0.25, -0.2) is 4.98 Å². The van der Waals surface area contributed by atoms with Gasteiger partial charge in [0.05, 0.1) is 11.0 Å². The Morgan fingerprint density at radius 2 is 1.86 bits per heavy atom. The van der Waals surface area contributed by atoms with Crippen LogP contribution in [0.4, 0.5) is 0 Å². The summed E-state index contributed by atoms with van der Waals surface area (Å²) in [6.45, 7) is 2.54. The number of aromatic nitrogens is 3. The number of para-hydroxylation sites is 3. The van der Waals surface area contributed by atoms with E-state index in [-0.39, 0.29) is 5.56 Å². The third-order valence-corrected chi connectivity index (χ3v) is 4.25. The molecule has 0 spiro atoms. The molecule has 0 aliphatic rings. The molecule has 0 amide bonds. The van der Waals surface area contributed by atoms with E-state index in [1.165, 1.54) is 0 Å². The van der Waals surface area contributed by atoms with Crippen LogP contribution < -0.4 is 11.3 Å². The molecule has 0 radical (unpaired) electrons. The summed E-state index contributed by atoms with van der Waals surface area (Å²) >= 11 is 0. The van der Waals surface area contributed by atoms with Crippen LogP contribution in [0.1, 0.15) is 13.3 Å². The minimum absolute atomic E-state index is 0.171. The third-order valence-electron chi connectivity index (χ3n) is 4.25. The molecule has 0 atom stereocenters. The number of H-pyrrole nitrogens is 1.